The number of carbonyl (C=O) groups excluding carboxylic acids is 1. The zero-order chi connectivity index (χ0) is 18.5. The summed E-state index contributed by atoms with van der Waals surface area (Å²) in [5.41, 5.74) is 0. The molecule has 0 aliphatic carbocycles. The van der Waals surface area contributed by atoms with Gasteiger partial charge in [-0.3, -0.25) is 9.69 Å². The zero-order valence-electron chi connectivity index (χ0n) is 13.1. The number of rotatable bonds is 6. The highest BCUT2D eigenvalue weighted by atomic mass is 19.4. The number of allylic oxidation sites excluding steroid dienone is 1. The van der Waals surface area contributed by atoms with Crippen molar-refractivity contribution in [3.8, 4) is 0 Å². The van der Waals surface area contributed by atoms with Crippen LogP contribution in [0, 0.1) is 0 Å². The van der Waals surface area contributed by atoms with Gasteiger partial charge in [-0.25, -0.2) is 0 Å². The van der Waals surface area contributed by atoms with Crippen LogP contribution < -0.4 is 5.32 Å². The Morgan fingerprint density at radius 2 is 1.83 bits per heavy atom. The molecular weight excluding hydrogens is 333 g/mol. The highest BCUT2D eigenvalue weighted by molar-refractivity contribution is 5.82. The number of likely N-dealkylation sites (tertiary alicyclic amines) is 1. The molecule has 10 heteroatoms. The van der Waals surface area contributed by atoms with Crippen LogP contribution in [0.25, 0.3) is 0 Å². The molecule has 7 nitrogen and oxygen atoms in total. The van der Waals surface area contributed by atoms with Crippen molar-refractivity contribution in [3.63, 3.8) is 0 Å². The summed E-state index contributed by atoms with van der Waals surface area (Å²) in [6.07, 6.45) is -8.52. The van der Waals surface area contributed by atoms with Gasteiger partial charge in [0.05, 0.1) is 12.6 Å². The minimum absolute atomic E-state index is 0.0493. The second kappa shape index (κ2) is 8.77. The molecule has 0 unspecified atom stereocenters. The third-order valence-corrected chi connectivity index (χ3v) is 3.87. The summed E-state index contributed by atoms with van der Waals surface area (Å²) >= 11 is 0. The SMILES string of the molecule is CCNC(=O)[C@@H]1[C@@H](O)[C@@H](O)[C@H](O)[C@@H](CO)N1CC/C=C\C(F)(F)F. The number of amides is 1. The smallest absolute Gasteiger partial charge is 0.395 e. The van der Waals surface area contributed by atoms with Crippen LogP contribution in [0.1, 0.15) is 13.3 Å². The predicted octanol–water partition coefficient (Wildman–Crippen LogP) is -1.24. The molecule has 1 saturated heterocycles. The Balaban J connectivity index is 2.96. The van der Waals surface area contributed by atoms with Gasteiger partial charge in [0, 0.05) is 19.2 Å². The minimum atomic E-state index is -4.47. The van der Waals surface area contributed by atoms with Gasteiger partial charge in [-0.05, 0) is 13.3 Å². The van der Waals surface area contributed by atoms with Crippen molar-refractivity contribution >= 4 is 5.91 Å². The first-order valence-corrected chi connectivity index (χ1v) is 7.57. The normalized spacial score (nSPS) is 32.2. The van der Waals surface area contributed by atoms with Crippen LogP contribution in [-0.2, 0) is 4.79 Å². The molecule has 1 fully saturated rings. The number of aliphatic hydroxyl groups excluding tert-OH is 4. The van der Waals surface area contributed by atoms with E-state index in [4.69, 9.17) is 0 Å². The Morgan fingerprint density at radius 1 is 1.21 bits per heavy atom. The summed E-state index contributed by atoms with van der Waals surface area (Å²) in [6, 6.07) is -2.38. The van der Waals surface area contributed by atoms with E-state index in [2.05, 4.69) is 5.32 Å². The van der Waals surface area contributed by atoms with Gasteiger partial charge in [0.15, 0.2) is 0 Å². The van der Waals surface area contributed by atoms with Gasteiger partial charge in [0.1, 0.15) is 24.4 Å². The lowest BCUT2D eigenvalue weighted by molar-refractivity contribution is -0.178. The third-order valence-electron chi connectivity index (χ3n) is 3.87. The Kier molecular flexibility index (Phi) is 7.61. The van der Waals surface area contributed by atoms with Crippen LogP contribution in [0.15, 0.2) is 12.2 Å². The maximum absolute atomic E-state index is 12.1. The molecule has 0 aromatic heterocycles. The number of alkyl halides is 3. The number of aliphatic hydroxyl groups is 4. The van der Waals surface area contributed by atoms with Gasteiger partial charge < -0.3 is 25.7 Å². The van der Waals surface area contributed by atoms with E-state index < -0.39 is 49.1 Å². The average molecular weight is 356 g/mol. The lowest BCUT2D eigenvalue weighted by Crippen LogP contribution is -2.70. The zero-order valence-corrected chi connectivity index (χ0v) is 13.1. The number of halogens is 3. The monoisotopic (exact) mass is 356 g/mol. The van der Waals surface area contributed by atoms with Gasteiger partial charge in [-0.15, -0.1) is 0 Å². The molecule has 5 atom stereocenters. The van der Waals surface area contributed by atoms with Crippen LogP contribution in [0.2, 0.25) is 0 Å². The summed E-state index contributed by atoms with van der Waals surface area (Å²) in [7, 11) is 0. The van der Waals surface area contributed by atoms with E-state index in [1.807, 2.05) is 0 Å². The number of hydrogen-bond donors (Lipinski definition) is 5. The Hall–Kier alpha value is -1.20. The lowest BCUT2D eigenvalue weighted by Gasteiger charge is -2.47. The molecule has 1 heterocycles. The van der Waals surface area contributed by atoms with Crippen molar-refractivity contribution < 1.29 is 38.4 Å². The molecule has 0 bridgehead atoms. The second-order valence-electron chi connectivity index (χ2n) is 5.53. The molecule has 0 saturated carbocycles. The number of nitrogens with zero attached hydrogens (tertiary/aromatic N) is 1. The maximum Gasteiger partial charge on any atom is 0.409 e. The summed E-state index contributed by atoms with van der Waals surface area (Å²) < 4.78 is 36.4. The molecule has 1 aliphatic heterocycles. The molecule has 140 valence electrons. The molecule has 24 heavy (non-hydrogen) atoms. The van der Waals surface area contributed by atoms with Crippen molar-refractivity contribution in [1.29, 1.82) is 0 Å². The van der Waals surface area contributed by atoms with Gasteiger partial charge >= 0.3 is 6.18 Å². The lowest BCUT2D eigenvalue weighted by atomic mass is 9.87. The van der Waals surface area contributed by atoms with Crippen molar-refractivity contribution in [3.05, 3.63) is 12.2 Å². The van der Waals surface area contributed by atoms with Gasteiger partial charge in [0.2, 0.25) is 5.91 Å². The standard InChI is InChI=1S/C14H23F3N2O5/c1-2-18-13(24)9-11(22)12(23)10(21)8(7-20)19(9)6-4-3-5-14(15,16)17/h3,5,8-12,20-23H,2,4,6-7H2,1H3,(H,18,24)/b5-3-/t8-,9+,10-,11-,12+/m1/s1. The molecule has 0 aromatic rings. The molecule has 1 amide bonds. The van der Waals surface area contributed by atoms with Crippen LogP contribution in [0.5, 0.6) is 0 Å². The summed E-state index contributed by atoms with van der Waals surface area (Å²) in [5.74, 6) is -0.644. The minimum Gasteiger partial charge on any atom is -0.395 e. The molecule has 0 aromatic carbocycles. The molecule has 1 rings (SSSR count). The average Bonchev–Trinajstić information content (AvgIpc) is 2.48. The number of nitrogens with one attached hydrogen (secondary N) is 1. The summed E-state index contributed by atoms with van der Waals surface area (Å²) in [6.45, 7) is 1.12. The first kappa shape index (κ1) is 20.8. The fraction of sp³-hybridized carbons (Fsp3) is 0.786. The Bertz CT molecular complexity index is 447. The van der Waals surface area contributed by atoms with Crippen LogP contribution >= 0.6 is 0 Å². The van der Waals surface area contributed by atoms with Crippen molar-refractivity contribution in [2.75, 3.05) is 19.7 Å². The molecule has 5 N–H and O–H groups in total. The highest BCUT2D eigenvalue weighted by Crippen LogP contribution is 2.25. The first-order chi connectivity index (χ1) is 11.1. The number of piperidine rings is 1. The maximum atomic E-state index is 12.1. The Morgan fingerprint density at radius 3 is 2.33 bits per heavy atom. The molecule has 1 aliphatic rings. The number of likely N-dealkylation sites (N-methyl/N-ethyl adjacent to an activating group) is 1. The van der Waals surface area contributed by atoms with Crippen molar-refractivity contribution in [2.24, 2.45) is 0 Å². The van der Waals surface area contributed by atoms with E-state index in [1.165, 1.54) is 4.90 Å². The van der Waals surface area contributed by atoms with E-state index in [1.54, 1.807) is 6.92 Å². The number of carbonyl (C=O) groups is 1. The van der Waals surface area contributed by atoms with Crippen LogP contribution in [0.4, 0.5) is 13.2 Å². The van der Waals surface area contributed by atoms with E-state index in [9.17, 15) is 38.4 Å². The Labute approximate surface area is 137 Å². The molecule has 0 radical (unpaired) electrons. The van der Waals surface area contributed by atoms with Gasteiger partial charge in [-0.1, -0.05) is 6.08 Å². The molecular formula is C14H23F3N2O5. The largest absolute Gasteiger partial charge is 0.409 e. The van der Waals surface area contributed by atoms with Crippen molar-refractivity contribution in [2.45, 2.75) is 49.9 Å². The van der Waals surface area contributed by atoms with Crippen LogP contribution in [0.3, 0.4) is 0 Å². The third kappa shape index (κ3) is 5.15. The van der Waals surface area contributed by atoms with Gasteiger partial charge in [-0.2, -0.15) is 13.2 Å². The van der Waals surface area contributed by atoms with E-state index in [0.717, 1.165) is 6.08 Å². The van der Waals surface area contributed by atoms with Gasteiger partial charge in [0.25, 0.3) is 0 Å². The topological polar surface area (TPSA) is 113 Å². The summed E-state index contributed by atoms with van der Waals surface area (Å²) in [5, 5.41) is 41.8. The van der Waals surface area contributed by atoms with E-state index >= 15 is 0 Å². The quantitative estimate of drug-likeness (QED) is 0.381. The van der Waals surface area contributed by atoms with Crippen molar-refractivity contribution in [1.82, 2.24) is 10.2 Å². The highest BCUT2D eigenvalue weighted by Gasteiger charge is 2.49. The first-order valence-electron chi connectivity index (χ1n) is 7.57. The fourth-order valence-electron chi connectivity index (χ4n) is 2.76. The molecule has 0 spiro atoms. The van der Waals surface area contributed by atoms with Crippen LogP contribution in [-0.4, -0.2) is 87.5 Å². The van der Waals surface area contributed by atoms with E-state index in [0.29, 0.717) is 0 Å². The van der Waals surface area contributed by atoms with E-state index in [-0.39, 0.29) is 25.6 Å². The summed E-state index contributed by atoms with van der Waals surface area (Å²) in [4.78, 5) is 13.4. The fourth-order valence-corrected chi connectivity index (χ4v) is 2.76. The second-order valence-corrected chi connectivity index (χ2v) is 5.53. The predicted molar refractivity (Wildman–Crippen MR) is 77.9 cm³/mol. The number of hydrogen-bond acceptors (Lipinski definition) is 6.